The fourth-order valence-electron chi connectivity index (χ4n) is 1.67. The predicted octanol–water partition coefficient (Wildman–Crippen LogP) is 0.988. The van der Waals surface area contributed by atoms with Crippen molar-refractivity contribution in [2.45, 2.75) is 20.3 Å². The molecule has 0 unspecified atom stereocenters. The Morgan fingerprint density at radius 3 is 2.16 bits per heavy atom. The molecule has 0 aromatic heterocycles. The highest BCUT2D eigenvalue weighted by atomic mass is 16.5. The fourth-order valence-corrected chi connectivity index (χ4v) is 1.67. The van der Waals surface area contributed by atoms with E-state index in [0.29, 0.717) is 13.2 Å². The van der Waals surface area contributed by atoms with Gasteiger partial charge in [0.25, 0.3) is 0 Å². The van der Waals surface area contributed by atoms with Gasteiger partial charge in [-0.1, -0.05) is 13.8 Å². The van der Waals surface area contributed by atoms with Crippen LogP contribution in [-0.4, -0.2) is 77.8 Å². The van der Waals surface area contributed by atoms with Gasteiger partial charge in [-0.2, -0.15) is 0 Å². The Hall–Kier alpha value is -0.200. The molecule has 0 saturated carbocycles. The first-order valence-electron chi connectivity index (χ1n) is 7.42. The maximum Gasteiger partial charge on any atom is 0.0701 e. The van der Waals surface area contributed by atoms with Gasteiger partial charge in [-0.25, -0.2) is 0 Å². The summed E-state index contributed by atoms with van der Waals surface area (Å²) >= 11 is 0. The summed E-state index contributed by atoms with van der Waals surface area (Å²) in [5.41, 5.74) is 0. The van der Waals surface area contributed by atoms with Crippen LogP contribution in [0.15, 0.2) is 0 Å². The summed E-state index contributed by atoms with van der Waals surface area (Å²) in [4.78, 5) is 2.40. The summed E-state index contributed by atoms with van der Waals surface area (Å²) in [5.74, 6) is 0. The number of ether oxygens (including phenoxy) is 3. The highest BCUT2D eigenvalue weighted by Crippen LogP contribution is 1.85. The average Bonchev–Trinajstić information content (AvgIpc) is 2.44. The smallest absolute Gasteiger partial charge is 0.0701 e. The molecule has 0 aromatic rings. The zero-order chi connectivity index (χ0) is 14.2. The molecule has 0 aliphatic heterocycles. The molecule has 0 heterocycles. The van der Waals surface area contributed by atoms with E-state index in [-0.39, 0.29) is 0 Å². The molecule has 0 atom stereocenters. The first-order valence-corrected chi connectivity index (χ1v) is 7.42. The molecule has 0 spiro atoms. The van der Waals surface area contributed by atoms with Gasteiger partial charge < -0.3 is 24.4 Å². The lowest BCUT2D eigenvalue weighted by molar-refractivity contribution is 0.0408. The summed E-state index contributed by atoms with van der Waals surface area (Å²) in [6, 6.07) is 0. The minimum atomic E-state index is 0.670. The first kappa shape index (κ1) is 18.8. The monoisotopic (exact) mass is 276 g/mol. The van der Waals surface area contributed by atoms with E-state index in [2.05, 4.69) is 24.1 Å². The normalized spacial score (nSPS) is 11.4. The highest BCUT2D eigenvalue weighted by Gasteiger charge is 1.97. The van der Waals surface area contributed by atoms with Crippen molar-refractivity contribution in [3.05, 3.63) is 0 Å². The van der Waals surface area contributed by atoms with E-state index in [1.54, 1.807) is 7.11 Å². The largest absolute Gasteiger partial charge is 0.385 e. The van der Waals surface area contributed by atoms with Gasteiger partial charge >= 0.3 is 0 Å². The molecular weight excluding hydrogens is 244 g/mol. The second-order valence-corrected chi connectivity index (χ2v) is 4.35. The maximum atomic E-state index is 5.47. The SMILES string of the molecule is CCN(CC)CCNCCOCCOCCCOC. The number of methoxy groups -OCH3 is 1. The lowest BCUT2D eigenvalue weighted by atomic mass is 10.4. The van der Waals surface area contributed by atoms with Gasteiger partial charge in [-0.15, -0.1) is 0 Å². The lowest BCUT2D eigenvalue weighted by Crippen LogP contribution is -2.33. The Labute approximate surface area is 118 Å². The number of hydrogen-bond donors (Lipinski definition) is 1. The Morgan fingerprint density at radius 2 is 1.53 bits per heavy atom. The molecule has 0 radical (unpaired) electrons. The number of nitrogens with one attached hydrogen (secondary N) is 1. The topological polar surface area (TPSA) is 43.0 Å². The molecule has 0 aliphatic rings. The van der Waals surface area contributed by atoms with Crippen LogP contribution in [-0.2, 0) is 14.2 Å². The zero-order valence-electron chi connectivity index (χ0n) is 13.0. The van der Waals surface area contributed by atoms with Crippen molar-refractivity contribution in [2.75, 3.05) is 72.9 Å². The molecule has 1 N–H and O–H groups in total. The minimum Gasteiger partial charge on any atom is -0.385 e. The van der Waals surface area contributed by atoms with Crippen LogP contribution in [0.5, 0.6) is 0 Å². The van der Waals surface area contributed by atoms with Gasteiger partial charge in [0.1, 0.15) is 0 Å². The Balaban J connectivity index is 3.02. The molecular formula is C14H32N2O3. The van der Waals surface area contributed by atoms with Crippen LogP contribution in [0.2, 0.25) is 0 Å². The average molecular weight is 276 g/mol. The second-order valence-electron chi connectivity index (χ2n) is 4.35. The van der Waals surface area contributed by atoms with Crippen molar-refractivity contribution in [3.8, 4) is 0 Å². The van der Waals surface area contributed by atoms with Crippen LogP contribution >= 0.6 is 0 Å². The quantitative estimate of drug-likeness (QED) is 0.452. The minimum absolute atomic E-state index is 0.670. The summed E-state index contributed by atoms with van der Waals surface area (Å²) in [5, 5.41) is 3.38. The fraction of sp³-hybridized carbons (Fsp3) is 1.00. The molecule has 0 aliphatic carbocycles. The van der Waals surface area contributed by atoms with E-state index in [1.165, 1.54) is 0 Å². The second kappa shape index (κ2) is 15.9. The number of nitrogens with zero attached hydrogens (tertiary/aromatic N) is 1. The maximum absolute atomic E-state index is 5.47. The summed E-state index contributed by atoms with van der Waals surface area (Å²) in [7, 11) is 1.70. The molecule has 0 amide bonds. The number of likely N-dealkylation sites (N-methyl/N-ethyl adjacent to an activating group) is 1. The summed E-state index contributed by atoms with van der Waals surface area (Å²) < 4.78 is 15.8. The van der Waals surface area contributed by atoms with E-state index in [0.717, 1.165) is 59.0 Å². The molecule has 0 fully saturated rings. The summed E-state index contributed by atoms with van der Waals surface area (Å²) in [6.07, 6.45) is 0.948. The lowest BCUT2D eigenvalue weighted by Gasteiger charge is -2.17. The van der Waals surface area contributed by atoms with Crippen LogP contribution < -0.4 is 5.32 Å². The number of rotatable bonds is 15. The molecule has 19 heavy (non-hydrogen) atoms. The van der Waals surface area contributed by atoms with E-state index in [4.69, 9.17) is 14.2 Å². The molecule has 0 rings (SSSR count). The predicted molar refractivity (Wildman–Crippen MR) is 78.8 cm³/mol. The third-order valence-electron chi connectivity index (χ3n) is 2.93. The van der Waals surface area contributed by atoms with Crippen molar-refractivity contribution in [2.24, 2.45) is 0 Å². The van der Waals surface area contributed by atoms with Crippen molar-refractivity contribution in [1.82, 2.24) is 10.2 Å². The van der Waals surface area contributed by atoms with Crippen LogP contribution in [0, 0.1) is 0 Å². The molecule has 0 bridgehead atoms. The van der Waals surface area contributed by atoms with Gasteiger partial charge in [-0.3, -0.25) is 0 Å². The molecule has 0 aromatic carbocycles. The molecule has 116 valence electrons. The Bertz CT molecular complexity index is 167. The van der Waals surface area contributed by atoms with Crippen molar-refractivity contribution < 1.29 is 14.2 Å². The molecule has 5 nitrogen and oxygen atoms in total. The van der Waals surface area contributed by atoms with Gasteiger partial charge in [-0.05, 0) is 19.5 Å². The van der Waals surface area contributed by atoms with Crippen molar-refractivity contribution >= 4 is 0 Å². The van der Waals surface area contributed by atoms with Gasteiger partial charge in [0.15, 0.2) is 0 Å². The van der Waals surface area contributed by atoms with Crippen LogP contribution in [0.25, 0.3) is 0 Å². The molecule has 5 heteroatoms. The van der Waals surface area contributed by atoms with Crippen LogP contribution in [0.3, 0.4) is 0 Å². The summed E-state index contributed by atoms with van der Waals surface area (Å²) in [6.45, 7) is 13.3. The van der Waals surface area contributed by atoms with E-state index < -0.39 is 0 Å². The third kappa shape index (κ3) is 14.0. The van der Waals surface area contributed by atoms with E-state index in [1.807, 2.05) is 0 Å². The van der Waals surface area contributed by atoms with Crippen LogP contribution in [0.4, 0.5) is 0 Å². The van der Waals surface area contributed by atoms with Gasteiger partial charge in [0.05, 0.1) is 19.8 Å². The third-order valence-corrected chi connectivity index (χ3v) is 2.93. The van der Waals surface area contributed by atoms with Gasteiger partial charge in [0.2, 0.25) is 0 Å². The van der Waals surface area contributed by atoms with E-state index >= 15 is 0 Å². The highest BCUT2D eigenvalue weighted by molar-refractivity contribution is 4.55. The van der Waals surface area contributed by atoms with Crippen molar-refractivity contribution in [3.63, 3.8) is 0 Å². The Morgan fingerprint density at radius 1 is 0.842 bits per heavy atom. The number of hydrogen-bond acceptors (Lipinski definition) is 5. The molecule has 0 saturated heterocycles. The van der Waals surface area contributed by atoms with Crippen LogP contribution in [0.1, 0.15) is 20.3 Å². The standard InChI is InChI=1S/C14H32N2O3/c1-4-16(5-2)9-7-15-8-12-19-14-13-18-11-6-10-17-3/h15H,4-14H2,1-3H3. The zero-order valence-corrected chi connectivity index (χ0v) is 13.0. The van der Waals surface area contributed by atoms with Gasteiger partial charge in [0, 0.05) is 40.0 Å². The van der Waals surface area contributed by atoms with E-state index in [9.17, 15) is 0 Å². The van der Waals surface area contributed by atoms with Crippen molar-refractivity contribution in [1.29, 1.82) is 0 Å². The Kier molecular flexibility index (Phi) is 15.7. The first-order chi connectivity index (χ1) is 9.35.